The van der Waals surface area contributed by atoms with Gasteiger partial charge in [0.2, 0.25) is 53.2 Å². The van der Waals surface area contributed by atoms with Crippen molar-refractivity contribution in [2.45, 2.75) is 119 Å². The van der Waals surface area contributed by atoms with Crippen LogP contribution in [0.2, 0.25) is 0 Å². The molecule has 4 aromatic carbocycles. The summed E-state index contributed by atoms with van der Waals surface area (Å²) in [6.45, 7) is 1.08. The first-order chi connectivity index (χ1) is 47.0. The fourth-order valence-corrected chi connectivity index (χ4v) is 14.3. The smallest absolute Gasteiger partial charge is 0.305 e. The van der Waals surface area contributed by atoms with Crippen LogP contribution in [0, 0.1) is 5.92 Å². The predicted molar refractivity (Wildman–Crippen MR) is 370 cm³/mol. The van der Waals surface area contributed by atoms with Crippen LogP contribution in [-0.2, 0) is 97.0 Å². The average molecular weight is 1380 g/mol. The number of nitrogens with zero attached hydrogens (tertiary/aromatic N) is 5. The molecule has 2 bridgehead atoms. The number of aliphatic carboxylic acids is 1. The first-order valence-electron chi connectivity index (χ1n) is 32.3. The highest BCUT2D eigenvalue weighted by Crippen LogP contribution is 2.27. The highest BCUT2D eigenvalue weighted by molar-refractivity contribution is 7.98. The number of carbonyl (C=O) groups is 11. The van der Waals surface area contributed by atoms with Crippen LogP contribution in [0.5, 0.6) is 5.75 Å². The molecule has 0 saturated carbocycles. The van der Waals surface area contributed by atoms with Gasteiger partial charge in [0, 0.05) is 135 Å². The number of nitrogens with two attached hydrogens (primary N) is 1. The van der Waals surface area contributed by atoms with E-state index in [1.165, 1.54) is 74.0 Å². The number of para-hydroxylation sites is 2. The number of rotatable bonds is 12. The third-order valence-corrected chi connectivity index (χ3v) is 19.8. The molecule has 0 radical (unpaired) electrons. The van der Waals surface area contributed by atoms with Crippen LogP contribution >= 0.6 is 23.5 Å². The van der Waals surface area contributed by atoms with E-state index >= 15 is 24.0 Å². The number of aromatic nitrogens is 4. The van der Waals surface area contributed by atoms with Gasteiger partial charge < -0.3 is 71.4 Å². The molecule has 0 unspecified atom stereocenters. The average Bonchev–Trinajstić information content (AvgIpc) is 1.63. The number of H-pyrrole nitrogens is 2. The number of ketones is 1. The zero-order valence-electron chi connectivity index (χ0n) is 55.2. The highest BCUT2D eigenvalue weighted by Gasteiger charge is 2.41. The Labute approximate surface area is 575 Å². The Morgan fingerprint density at radius 1 is 0.714 bits per heavy atom. The molecule has 5 heterocycles. The van der Waals surface area contributed by atoms with E-state index in [1.807, 2.05) is 71.3 Å². The number of hydrogen-bond donors (Lipinski definition) is 9. The normalized spacial score (nSPS) is 22.5. The van der Waals surface area contributed by atoms with Crippen LogP contribution in [-0.4, -0.2) is 192 Å². The summed E-state index contributed by atoms with van der Waals surface area (Å²) >= 11 is 2.87. The van der Waals surface area contributed by atoms with Crippen molar-refractivity contribution in [2.75, 3.05) is 45.8 Å². The summed E-state index contributed by atoms with van der Waals surface area (Å²) in [5.74, 6) is -8.06. The maximum Gasteiger partial charge on any atom is 0.305 e. The molecule has 3 aromatic heterocycles. The first kappa shape index (κ1) is 72.3. The van der Waals surface area contributed by atoms with Crippen molar-refractivity contribution >= 4 is 110 Å². The number of primary amides is 1. The number of carboxylic acid groups (broad SMARTS) is 1. The number of aryl methyl sites for hydroxylation is 1. The molecular weight excluding hydrogens is 1290 g/mol. The number of fused-ring (bicyclic) bond motifs is 5. The van der Waals surface area contributed by atoms with Crippen LogP contribution < -0.4 is 37.1 Å². The summed E-state index contributed by atoms with van der Waals surface area (Å²) in [5, 5.41) is 25.8. The highest BCUT2D eigenvalue weighted by atomic mass is 32.2. The van der Waals surface area contributed by atoms with Crippen molar-refractivity contribution in [1.29, 1.82) is 0 Å². The summed E-state index contributed by atoms with van der Waals surface area (Å²) < 4.78 is 7.21. The van der Waals surface area contributed by atoms with E-state index in [0.717, 1.165) is 32.4 Å². The molecule has 518 valence electrons. The Balaban J connectivity index is 1.06. The molecule has 2 aliphatic heterocycles. The van der Waals surface area contributed by atoms with Gasteiger partial charge in [0.15, 0.2) is 5.78 Å². The summed E-state index contributed by atoms with van der Waals surface area (Å²) in [6, 6.07) is 19.8. The molecule has 98 heavy (non-hydrogen) atoms. The SMILES string of the molecule is COc1ccc(C[C@@H]2NC(=O)[C@H](Cc3cnc[nH]3)CC(=O)[C@H](CC(=O)O)NC(=O)[C@H](Cc3cn(C)c4ccccc34)NC(=O)[C@H](Cc3c[nH]c4ccccc34)N(C)C(=O)CN(C)C(=O)[C@H](C)NC(=O)CCSCc3cccc(c3)CSC[C@@H](C(N)=O)NC(=O)[C@@H]3CCCN3C2=O)cc1. The molecule has 7 aromatic rings. The molecule has 9 rings (SSSR count). The number of amides is 9. The molecule has 2 aliphatic rings. The Morgan fingerprint density at radius 3 is 2.13 bits per heavy atom. The van der Waals surface area contributed by atoms with E-state index < -0.39 is 133 Å². The molecule has 9 amide bonds. The minimum atomic E-state index is -1.81. The Bertz CT molecular complexity index is 4050. The zero-order chi connectivity index (χ0) is 70.2. The van der Waals surface area contributed by atoms with Gasteiger partial charge in [-0.1, -0.05) is 72.8 Å². The second-order valence-corrected chi connectivity index (χ2v) is 27.0. The Kier molecular flexibility index (Phi) is 25.0. The molecule has 0 aliphatic carbocycles. The maximum atomic E-state index is 15.3. The largest absolute Gasteiger partial charge is 0.497 e. The van der Waals surface area contributed by atoms with E-state index in [2.05, 4.69) is 41.5 Å². The van der Waals surface area contributed by atoms with Crippen LogP contribution in [0.1, 0.15) is 72.5 Å². The number of methoxy groups -OCH3 is 1. The number of aromatic amines is 2. The first-order valence-corrected chi connectivity index (χ1v) is 34.6. The monoisotopic (exact) mass is 1380 g/mol. The molecule has 10 N–H and O–H groups in total. The van der Waals surface area contributed by atoms with Gasteiger partial charge in [-0.2, -0.15) is 23.5 Å². The molecule has 1 fully saturated rings. The lowest BCUT2D eigenvalue weighted by Crippen LogP contribution is -2.58. The number of carbonyl (C=O) groups excluding carboxylic acids is 10. The quantitative estimate of drug-likeness (QED) is 0.0845. The van der Waals surface area contributed by atoms with Crippen LogP contribution in [0.4, 0.5) is 0 Å². The summed E-state index contributed by atoms with van der Waals surface area (Å²) in [5.41, 5.74) is 11.5. The summed E-state index contributed by atoms with van der Waals surface area (Å²) in [7, 11) is 6.09. The number of likely N-dealkylation sites (N-methyl/N-ethyl adjacent to an activating group) is 2. The molecular formula is C70H83N13O13S2. The van der Waals surface area contributed by atoms with E-state index in [0.29, 0.717) is 57.2 Å². The number of carboxylic acids is 1. The van der Waals surface area contributed by atoms with E-state index in [4.69, 9.17) is 10.5 Å². The van der Waals surface area contributed by atoms with Gasteiger partial charge in [-0.3, -0.25) is 52.7 Å². The summed E-state index contributed by atoms with van der Waals surface area (Å²) in [4.78, 5) is 172. The number of imidazole rings is 1. The van der Waals surface area contributed by atoms with Crippen molar-refractivity contribution in [1.82, 2.24) is 60.8 Å². The Hall–Kier alpha value is -9.96. The fourth-order valence-electron chi connectivity index (χ4n) is 12.4. The lowest BCUT2D eigenvalue weighted by atomic mass is 9.91. The van der Waals surface area contributed by atoms with E-state index in [-0.39, 0.29) is 50.8 Å². The van der Waals surface area contributed by atoms with Gasteiger partial charge in [-0.05, 0) is 71.8 Å². The van der Waals surface area contributed by atoms with Crippen molar-refractivity contribution in [2.24, 2.45) is 18.7 Å². The lowest BCUT2D eigenvalue weighted by Gasteiger charge is -2.31. The number of nitrogens with one attached hydrogen (secondary N) is 7. The molecule has 8 atom stereocenters. The number of benzene rings is 4. The van der Waals surface area contributed by atoms with Gasteiger partial charge in [-0.15, -0.1) is 0 Å². The number of ether oxygens (including phenoxy) is 1. The van der Waals surface area contributed by atoms with Crippen molar-refractivity contribution in [3.63, 3.8) is 0 Å². The predicted octanol–water partition coefficient (Wildman–Crippen LogP) is 3.49. The maximum absolute atomic E-state index is 15.3. The second-order valence-electron chi connectivity index (χ2n) is 24.8. The van der Waals surface area contributed by atoms with Crippen molar-refractivity contribution in [3.8, 4) is 5.75 Å². The van der Waals surface area contributed by atoms with Crippen LogP contribution in [0.3, 0.4) is 0 Å². The number of Topliss-reactive ketones (excluding diaryl/α,β-unsaturated/α-hetero) is 1. The molecule has 26 nitrogen and oxygen atoms in total. The zero-order valence-corrected chi connectivity index (χ0v) is 56.9. The second kappa shape index (κ2) is 33.8. The third-order valence-electron chi connectivity index (χ3n) is 17.7. The number of thioether (sulfide) groups is 2. The van der Waals surface area contributed by atoms with E-state index in [1.54, 1.807) is 49.8 Å². The topological polar surface area (TPSA) is 363 Å². The third kappa shape index (κ3) is 19.0. The van der Waals surface area contributed by atoms with E-state index in [9.17, 15) is 33.9 Å². The fraction of sp³-hybridized carbons (Fsp3) is 0.400. The van der Waals surface area contributed by atoms with Crippen LogP contribution in [0.25, 0.3) is 21.8 Å². The summed E-state index contributed by atoms with van der Waals surface area (Å²) in [6.07, 6.45) is 4.68. The van der Waals surface area contributed by atoms with Gasteiger partial charge in [0.05, 0.1) is 38.4 Å². The Morgan fingerprint density at radius 2 is 1.42 bits per heavy atom. The minimum absolute atomic E-state index is 0.0743. The number of hydrogen-bond acceptors (Lipinski definition) is 15. The van der Waals surface area contributed by atoms with Crippen molar-refractivity contribution in [3.05, 3.63) is 155 Å². The molecule has 1 saturated heterocycles. The van der Waals surface area contributed by atoms with Gasteiger partial charge >= 0.3 is 5.97 Å². The van der Waals surface area contributed by atoms with Gasteiger partial charge in [-0.25, -0.2) is 4.98 Å². The van der Waals surface area contributed by atoms with Gasteiger partial charge in [0.1, 0.15) is 42.0 Å². The molecule has 0 spiro atoms. The van der Waals surface area contributed by atoms with Gasteiger partial charge in [0.25, 0.3) is 0 Å². The standard InChI is InChI=1S/C70H83N13O13S2/c1-41-69(94)81(3)36-62(86)82(4)59(30-46-33-73-52-16-8-6-14-50(46)52)68(93)77-54(29-47-35-80(2)57-17-9-7-15-51(47)57)66(91)76-53(32-63(87)88)60(84)31-45(28-48-34-72-40-74-48)65(90)78-55(27-42-19-21-49(96-5)22-20-42)70(95)83-24-11-18-58(83)67(92)79-56(64(71)89)39-98-38-44-13-10-12-43(26-44)37-97-25-23-61(85)75-41/h6-10,12-17,19-22,26,33-35,40-41,45,53-56,58-59,73H,11,18,23-25,27-32,36-39H2,1-5H3,(H2,71,89)(H,72,74)(H,75,85)(H,76,91)(H,77,93)(H,78,90)(H,79,92)(H,87,88)/t41-,45+,53-,54-,55-,56-,58-,59-/m0/s1. The van der Waals surface area contributed by atoms with Crippen molar-refractivity contribution < 1.29 is 62.6 Å². The van der Waals surface area contributed by atoms with Crippen LogP contribution in [0.15, 0.2) is 122 Å². The lowest BCUT2D eigenvalue weighted by molar-refractivity contribution is -0.144. The molecule has 28 heteroatoms. The minimum Gasteiger partial charge on any atom is -0.497 e.